The second-order valence-electron chi connectivity index (χ2n) is 10.3. The van der Waals surface area contributed by atoms with Crippen LogP contribution in [0.15, 0.2) is 6.33 Å². The molecule has 0 spiro atoms. The maximum Gasteiger partial charge on any atom is 0.410 e. The molecule has 2 amide bonds. The number of rotatable bonds is 6. The van der Waals surface area contributed by atoms with Crippen molar-refractivity contribution in [1.29, 1.82) is 0 Å². The summed E-state index contributed by atoms with van der Waals surface area (Å²) in [5.74, 6) is 1.31. The van der Waals surface area contributed by atoms with Crippen LogP contribution in [0.4, 0.5) is 10.6 Å². The Balaban J connectivity index is 1.08. The van der Waals surface area contributed by atoms with Gasteiger partial charge in [-0.25, -0.2) is 19.7 Å². The number of nitrogen functional groups attached to an aromatic ring is 1. The number of anilines is 1. The lowest BCUT2D eigenvalue weighted by molar-refractivity contribution is -0.134. The highest BCUT2D eigenvalue weighted by Crippen LogP contribution is 2.32. The predicted octanol–water partition coefficient (Wildman–Crippen LogP) is 1.54. The number of carbonyl (C=O) groups is 2. The second-order valence-corrected chi connectivity index (χ2v) is 10.3. The first-order chi connectivity index (χ1) is 17.5. The molecule has 2 aromatic rings. The number of imidazole rings is 1. The Bertz CT molecular complexity index is 1120. The minimum absolute atomic E-state index is 0.0361. The third-order valence-corrected chi connectivity index (χ3v) is 7.52. The summed E-state index contributed by atoms with van der Waals surface area (Å²) in [4.78, 5) is 40.3. The molecule has 5 heterocycles. The quantitative estimate of drug-likeness (QED) is 0.604. The van der Waals surface area contributed by atoms with Crippen LogP contribution < -0.4 is 11.1 Å². The molecule has 0 aromatic carbocycles. The molecule has 12 heteroatoms. The molecule has 3 aliphatic heterocycles. The van der Waals surface area contributed by atoms with Crippen LogP contribution in [0.1, 0.15) is 57.0 Å². The smallest absolute Gasteiger partial charge is 0.410 e. The fraction of sp³-hybridized carbons (Fsp3) is 0.708. The Morgan fingerprint density at radius 3 is 2.69 bits per heavy atom. The van der Waals surface area contributed by atoms with Gasteiger partial charge in [0.2, 0.25) is 5.91 Å². The van der Waals surface area contributed by atoms with Crippen LogP contribution in [-0.2, 0) is 25.4 Å². The average molecular weight is 500 g/mol. The van der Waals surface area contributed by atoms with Crippen molar-refractivity contribution in [2.75, 3.05) is 32.0 Å². The normalized spacial score (nSPS) is 27.0. The fourth-order valence-corrected chi connectivity index (χ4v) is 5.23. The molecule has 36 heavy (non-hydrogen) atoms. The Labute approximate surface area is 208 Å². The summed E-state index contributed by atoms with van der Waals surface area (Å²) in [6, 6.07) is 0.309. The monoisotopic (exact) mass is 499 g/mol. The molecule has 6 rings (SSSR count). The lowest BCUT2D eigenvalue weighted by Crippen LogP contribution is -2.40. The molecule has 12 nitrogen and oxygen atoms in total. The fourth-order valence-electron chi connectivity index (χ4n) is 5.23. The number of ether oxygens (including phenoxy) is 3. The maximum absolute atomic E-state index is 12.4. The van der Waals surface area contributed by atoms with Crippen molar-refractivity contribution in [3.05, 3.63) is 12.2 Å². The zero-order chi connectivity index (χ0) is 24.6. The van der Waals surface area contributed by atoms with Gasteiger partial charge < -0.3 is 30.2 Å². The van der Waals surface area contributed by atoms with Crippen molar-refractivity contribution in [3.63, 3.8) is 0 Å². The van der Waals surface area contributed by atoms with E-state index in [2.05, 4.69) is 15.3 Å². The summed E-state index contributed by atoms with van der Waals surface area (Å²) in [6.07, 6.45) is 7.11. The zero-order valence-electron chi connectivity index (χ0n) is 20.3. The van der Waals surface area contributed by atoms with E-state index in [0.717, 1.165) is 32.1 Å². The Hall–Kier alpha value is -2.99. The number of hydrogen-bond acceptors (Lipinski definition) is 9. The van der Waals surface area contributed by atoms with E-state index < -0.39 is 6.10 Å². The van der Waals surface area contributed by atoms with Gasteiger partial charge in [0.15, 0.2) is 11.5 Å². The highest BCUT2D eigenvalue weighted by molar-refractivity contribution is 5.82. The molecular weight excluding hydrogens is 466 g/mol. The van der Waals surface area contributed by atoms with Crippen molar-refractivity contribution in [1.82, 2.24) is 29.7 Å². The van der Waals surface area contributed by atoms with E-state index in [1.54, 1.807) is 11.2 Å². The first-order valence-electron chi connectivity index (χ1n) is 13.0. The van der Waals surface area contributed by atoms with E-state index in [0.29, 0.717) is 80.3 Å². The minimum atomic E-state index is -0.454. The lowest BCUT2D eigenvalue weighted by atomic mass is 9.93. The molecule has 0 bridgehead atoms. The Morgan fingerprint density at radius 2 is 1.94 bits per heavy atom. The maximum atomic E-state index is 12.4. The lowest BCUT2D eigenvalue weighted by Gasteiger charge is -2.31. The zero-order valence-corrected chi connectivity index (χ0v) is 20.3. The van der Waals surface area contributed by atoms with Gasteiger partial charge in [0.25, 0.3) is 0 Å². The van der Waals surface area contributed by atoms with Gasteiger partial charge >= 0.3 is 6.09 Å². The number of hydrogen-bond donors (Lipinski definition) is 2. The Morgan fingerprint density at radius 1 is 1.11 bits per heavy atom. The number of fused-ring (bicyclic) bond motifs is 1. The van der Waals surface area contributed by atoms with Gasteiger partial charge in [-0.15, -0.1) is 0 Å². The molecule has 4 aliphatic rings. The SMILES string of the molecule is Nc1nc(CC2CCN(C(=O)OC3CCOC3)CC2)nc2c1ncn2[C@H]1CC[C@@H](C(=O)NC2CC2)O1. The van der Waals surface area contributed by atoms with E-state index >= 15 is 0 Å². The van der Waals surface area contributed by atoms with Gasteiger partial charge in [0.1, 0.15) is 29.8 Å². The number of nitrogens with zero attached hydrogens (tertiary/aromatic N) is 5. The molecule has 194 valence electrons. The van der Waals surface area contributed by atoms with Crippen molar-refractivity contribution in [2.45, 2.75) is 75.8 Å². The van der Waals surface area contributed by atoms with Crippen LogP contribution >= 0.6 is 0 Å². The van der Waals surface area contributed by atoms with Crippen LogP contribution in [0.25, 0.3) is 11.2 Å². The molecule has 3 saturated heterocycles. The Kier molecular flexibility index (Phi) is 6.38. The number of likely N-dealkylation sites (tertiary alicyclic amines) is 1. The first-order valence-corrected chi connectivity index (χ1v) is 13.0. The number of aromatic nitrogens is 4. The molecule has 0 radical (unpaired) electrons. The van der Waals surface area contributed by atoms with Crippen molar-refractivity contribution in [2.24, 2.45) is 5.92 Å². The number of nitrogens with one attached hydrogen (secondary N) is 1. The largest absolute Gasteiger partial charge is 0.444 e. The second kappa shape index (κ2) is 9.81. The number of carbonyl (C=O) groups excluding carboxylic acids is 2. The van der Waals surface area contributed by atoms with Crippen LogP contribution in [0.3, 0.4) is 0 Å². The van der Waals surface area contributed by atoms with Gasteiger partial charge in [0.05, 0.1) is 19.5 Å². The third kappa shape index (κ3) is 4.96. The first kappa shape index (κ1) is 23.4. The highest BCUT2D eigenvalue weighted by Gasteiger charge is 2.35. The number of piperidine rings is 1. The predicted molar refractivity (Wildman–Crippen MR) is 128 cm³/mol. The topological polar surface area (TPSA) is 147 Å². The minimum Gasteiger partial charge on any atom is -0.444 e. The van der Waals surface area contributed by atoms with Crippen LogP contribution in [0.5, 0.6) is 0 Å². The van der Waals surface area contributed by atoms with E-state index in [4.69, 9.17) is 24.9 Å². The molecular formula is C24H33N7O5. The summed E-state index contributed by atoms with van der Waals surface area (Å²) in [5, 5.41) is 3.02. The van der Waals surface area contributed by atoms with E-state index in [1.165, 1.54) is 0 Å². The van der Waals surface area contributed by atoms with Crippen LogP contribution in [-0.4, -0.2) is 81.0 Å². The summed E-state index contributed by atoms with van der Waals surface area (Å²) in [7, 11) is 0. The average Bonchev–Trinajstić information content (AvgIpc) is 3.25. The molecule has 2 aromatic heterocycles. The van der Waals surface area contributed by atoms with E-state index in [-0.39, 0.29) is 24.3 Å². The summed E-state index contributed by atoms with van der Waals surface area (Å²) < 4.78 is 18.8. The van der Waals surface area contributed by atoms with Gasteiger partial charge in [-0.3, -0.25) is 9.36 Å². The highest BCUT2D eigenvalue weighted by atomic mass is 16.6. The molecule has 1 aliphatic carbocycles. The summed E-state index contributed by atoms with van der Waals surface area (Å²) in [5.41, 5.74) is 7.41. The van der Waals surface area contributed by atoms with Crippen molar-refractivity contribution >= 4 is 29.0 Å². The third-order valence-electron chi connectivity index (χ3n) is 7.52. The molecule has 1 saturated carbocycles. The van der Waals surface area contributed by atoms with Gasteiger partial charge in [-0.1, -0.05) is 0 Å². The number of amides is 2. The number of nitrogens with two attached hydrogens (primary N) is 1. The van der Waals surface area contributed by atoms with Gasteiger partial charge in [-0.05, 0) is 44.4 Å². The van der Waals surface area contributed by atoms with Crippen molar-refractivity contribution in [3.8, 4) is 0 Å². The summed E-state index contributed by atoms with van der Waals surface area (Å²) >= 11 is 0. The molecule has 4 fully saturated rings. The van der Waals surface area contributed by atoms with Crippen LogP contribution in [0, 0.1) is 5.92 Å². The molecule has 1 unspecified atom stereocenters. The van der Waals surface area contributed by atoms with Crippen LogP contribution in [0.2, 0.25) is 0 Å². The summed E-state index contributed by atoms with van der Waals surface area (Å²) in [6.45, 7) is 2.43. The molecule has 3 N–H and O–H groups in total. The van der Waals surface area contributed by atoms with Gasteiger partial charge in [0, 0.05) is 32.0 Å². The standard InChI is InChI=1S/C24H33N7O5/c25-21-20-22(31(13-26-20)19-4-3-17(36-19)23(32)27-15-1-2-15)29-18(28-21)11-14-5-8-30(9-6-14)24(33)35-16-7-10-34-12-16/h13-17,19H,1-12H2,(H,27,32)(H2,25,28,29)/t16?,17-,19+/m0/s1. The van der Waals surface area contributed by atoms with Crippen molar-refractivity contribution < 1.29 is 23.8 Å². The van der Waals surface area contributed by atoms with E-state index in [9.17, 15) is 9.59 Å². The molecule has 3 atom stereocenters. The van der Waals surface area contributed by atoms with Gasteiger partial charge in [-0.2, -0.15) is 0 Å². The van der Waals surface area contributed by atoms with E-state index in [1.807, 2.05) is 4.57 Å².